The lowest BCUT2D eigenvalue weighted by molar-refractivity contribution is 0.484. The maximum absolute atomic E-state index is 5.61. The van der Waals surface area contributed by atoms with Crippen molar-refractivity contribution < 1.29 is 4.42 Å². The quantitative estimate of drug-likeness (QED) is 0.814. The fourth-order valence-electron chi connectivity index (χ4n) is 1.54. The van der Waals surface area contributed by atoms with E-state index in [4.69, 9.17) is 4.42 Å². The molecular weight excluding hydrogens is 248 g/mol. The molecule has 0 saturated carbocycles. The van der Waals surface area contributed by atoms with Crippen molar-refractivity contribution in [2.75, 3.05) is 6.54 Å². The first-order chi connectivity index (χ1) is 8.65. The van der Waals surface area contributed by atoms with E-state index < -0.39 is 0 Å². The van der Waals surface area contributed by atoms with Crippen LogP contribution in [0, 0.1) is 6.92 Å². The van der Waals surface area contributed by atoms with Crippen LogP contribution in [-0.2, 0) is 6.42 Å². The van der Waals surface area contributed by atoms with Crippen molar-refractivity contribution >= 4 is 11.3 Å². The van der Waals surface area contributed by atoms with E-state index in [0.29, 0.717) is 17.8 Å². The van der Waals surface area contributed by atoms with Gasteiger partial charge in [0.1, 0.15) is 4.88 Å². The second-order valence-corrected chi connectivity index (χ2v) is 5.69. The lowest BCUT2D eigenvalue weighted by atomic mass is 10.3. The van der Waals surface area contributed by atoms with Gasteiger partial charge in [0, 0.05) is 12.5 Å². The van der Waals surface area contributed by atoms with Crippen LogP contribution >= 0.6 is 11.3 Å². The van der Waals surface area contributed by atoms with Gasteiger partial charge in [-0.3, -0.25) is 0 Å². The number of nitrogens with zero attached hydrogens (tertiary/aromatic N) is 3. The van der Waals surface area contributed by atoms with Crippen LogP contribution in [0.2, 0.25) is 0 Å². The van der Waals surface area contributed by atoms with E-state index in [2.05, 4.69) is 34.3 Å². The third kappa shape index (κ3) is 3.61. The van der Waals surface area contributed by atoms with Gasteiger partial charge < -0.3 is 9.73 Å². The highest BCUT2D eigenvalue weighted by atomic mass is 32.1. The first-order valence-corrected chi connectivity index (χ1v) is 6.95. The van der Waals surface area contributed by atoms with Crippen LogP contribution in [-0.4, -0.2) is 27.8 Å². The maximum Gasteiger partial charge on any atom is 0.259 e. The normalized spacial score (nSPS) is 11.3. The predicted molar refractivity (Wildman–Crippen MR) is 71.6 cm³/mol. The fourth-order valence-corrected chi connectivity index (χ4v) is 2.24. The Kier molecular flexibility index (Phi) is 4.43. The molecule has 98 valence electrons. The second kappa shape index (κ2) is 6.06. The second-order valence-electron chi connectivity index (χ2n) is 4.46. The van der Waals surface area contributed by atoms with Crippen molar-refractivity contribution in [1.29, 1.82) is 0 Å². The highest BCUT2D eigenvalue weighted by Crippen LogP contribution is 2.24. The van der Waals surface area contributed by atoms with Gasteiger partial charge in [-0.25, -0.2) is 4.98 Å². The number of hydrogen-bond acceptors (Lipinski definition) is 6. The summed E-state index contributed by atoms with van der Waals surface area (Å²) in [6.07, 6.45) is 3.59. The Morgan fingerprint density at radius 2 is 2.22 bits per heavy atom. The molecule has 0 unspecified atom stereocenters. The van der Waals surface area contributed by atoms with Gasteiger partial charge in [-0.15, -0.1) is 21.5 Å². The summed E-state index contributed by atoms with van der Waals surface area (Å²) in [5, 5.41) is 12.5. The first-order valence-electron chi connectivity index (χ1n) is 6.13. The number of rotatable bonds is 6. The van der Waals surface area contributed by atoms with Gasteiger partial charge in [-0.05, 0) is 19.9 Å². The molecule has 0 aliphatic rings. The van der Waals surface area contributed by atoms with E-state index in [0.717, 1.165) is 29.3 Å². The number of nitrogens with one attached hydrogen (secondary N) is 1. The van der Waals surface area contributed by atoms with Crippen molar-refractivity contribution in [3.63, 3.8) is 0 Å². The van der Waals surface area contributed by atoms with E-state index in [9.17, 15) is 0 Å². The van der Waals surface area contributed by atoms with E-state index in [-0.39, 0.29) is 0 Å². The summed E-state index contributed by atoms with van der Waals surface area (Å²) in [4.78, 5) is 5.11. The van der Waals surface area contributed by atoms with Gasteiger partial charge in [0.2, 0.25) is 5.89 Å². The molecule has 2 rings (SSSR count). The molecule has 0 fully saturated rings. The average Bonchev–Trinajstić information content (AvgIpc) is 2.93. The number of hydrogen-bond donors (Lipinski definition) is 1. The molecule has 0 aliphatic carbocycles. The Balaban J connectivity index is 1.86. The molecule has 1 N–H and O–H groups in total. The van der Waals surface area contributed by atoms with Crippen LogP contribution in [0.5, 0.6) is 0 Å². The maximum atomic E-state index is 5.61. The molecule has 0 atom stereocenters. The van der Waals surface area contributed by atoms with Crippen LogP contribution < -0.4 is 5.32 Å². The molecule has 0 radical (unpaired) electrons. The molecule has 2 aromatic heterocycles. The molecule has 0 amide bonds. The highest BCUT2D eigenvalue weighted by molar-refractivity contribution is 7.14. The molecule has 2 aromatic rings. The van der Waals surface area contributed by atoms with Gasteiger partial charge in [0.25, 0.3) is 5.89 Å². The number of aromatic nitrogens is 3. The topological polar surface area (TPSA) is 63.8 Å². The molecule has 6 heteroatoms. The van der Waals surface area contributed by atoms with Crippen LogP contribution in [0.1, 0.15) is 31.2 Å². The summed E-state index contributed by atoms with van der Waals surface area (Å²) >= 11 is 1.57. The van der Waals surface area contributed by atoms with Crippen molar-refractivity contribution in [3.8, 4) is 10.8 Å². The Bertz CT molecular complexity index is 492. The molecular formula is C12H18N4OS. The van der Waals surface area contributed by atoms with Crippen LogP contribution in [0.15, 0.2) is 10.6 Å². The number of aryl methyl sites for hydroxylation is 2. The number of thiazole rings is 1. The molecule has 0 spiro atoms. The van der Waals surface area contributed by atoms with Crippen LogP contribution in [0.4, 0.5) is 0 Å². The Morgan fingerprint density at radius 3 is 2.89 bits per heavy atom. The minimum absolute atomic E-state index is 0.517. The highest BCUT2D eigenvalue weighted by Gasteiger charge is 2.10. The molecule has 0 bridgehead atoms. The summed E-state index contributed by atoms with van der Waals surface area (Å²) < 4.78 is 5.61. The molecule has 18 heavy (non-hydrogen) atoms. The largest absolute Gasteiger partial charge is 0.420 e. The molecule has 0 saturated heterocycles. The zero-order chi connectivity index (χ0) is 13.0. The molecule has 0 aromatic carbocycles. The standard InChI is InChI=1S/C12H18N4OS/c1-8(2)13-6-4-5-11-15-16-12(17-11)10-7-14-9(3)18-10/h7-8,13H,4-6H2,1-3H3. The summed E-state index contributed by atoms with van der Waals surface area (Å²) in [6, 6.07) is 0.517. The smallest absolute Gasteiger partial charge is 0.259 e. The zero-order valence-electron chi connectivity index (χ0n) is 10.9. The minimum Gasteiger partial charge on any atom is -0.420 e. The summed E-state index contributed by atoms with van der Waals surface area (Å²) in [5.41, 5.74) is 0. The van der Waals surface area contributed by atoms with Crippen LogP contribution in [0.3, 0.4) is 0 Å². The lowest BCUT2D eigenvalue weighted by Crippen LogP contribution is -2.23. The monoisotopic (exact) mass is 266 g/mol. The van der Waals surface area contributed by atoms with Gasteiger partial charge in [-0.1, -0.05) is 13.8 Å². The minimum atomic E-state index is 0.517. The third-order valence-electron chi connectivity index (χ3n) is 2.42. The SMILES string of the molecule is Cc1ncc(-c2nnc(CCCNC(C)C)o2)s1. The first kappa shape index (κ1) is 13.2. The van der Waals surface area contributed by atoms with Gasteiger partial charge >= 0.3 is 0 Å². The van der Waals surface area contributed by atoms with Gasteiger partial charge in [-0.2, -0.15) is 0 Å². The van der Waals surface area contributed by atoms with Crippen molar-refractivity contribution in [2.45, 2.75) is 39.7 Å². The Labute approximate surface area is 111 Å². The van der Waals surface area contributed by atoms with E-state index in [1.807, 2.05) is 6.92 Å². The fraction of sp³-hybridized carbons (Fsp3) is 0.583. The van der Waals surface area contributed by atoms with Gasteiger partial charge in [0.15, 0.2) is 0 Å². The van der Waals surface area contributed by atoms with Crippen molar-refractivity contribution in [3.05, 3.63) is 17.1 Å². The van der Waals surface area contributed by atoms with E-state index >= 15 is 0 Å². The molecule has 5 nitrogen and oxygen atoms in total. The van der Waals surface area contributed by atoms with E-state index in [1.54, 1.807) is 17.5 Å². The lowest BCUT2D eigenvalue weighted by Gasteiger charge is -2.05. The average molecular weight is 266 g/mol. The molecule has 2 heterocycles. The summed E-state index contributed by atoms with van der Waals surface area (Å²) in [6.45, 7) is 7.20. The third-order valence-corrected chi connectivity index (χ3v) is 3.32. The van der Waals surface area contributed by atoms with Crippen LogP contribution in [0.25, 0.3) is 10.8 Å². The molecule has 0 aliphatic heterocycles. The Hall–Kier alpha value is -1.27. The predicted octanol–water partition coefficient (Wildman–Crippen LogP) is 2.43. The van der Waals surface area contributed by atoms with Gasteiger partial charge in [0.05, 0.1) is 11.2 Å². The summed E-state index contributed by atoms with van der Waals surface area (Å²) in [7, 11) is 0. The van der Waals surface area contributed by atoms with Crippen molar-refractivity contribution in [2.24, 2.45) is 0 Å². The zero-order valence-corrected chi connectivity index (χ0v) is 11.8. The summed E-state index contributed by atoms with van der Waals surface area (Å²) in [5.74, 6) is 1.27. The Morgan fingerprint density at radius 1 is 1.39 bits per heavy atom. The van der Waals surface area contributed by atoms with E-state index in [1.165, 1.54) is 0 Å². The van der Waals surface area contributed by atoms with Crippen molar-refractivity contribution in [1.82, 2.24) is 20.5 Å².